The second kappa shape index (κ2) is 9.60. The monoisotopic (exact) mass is 389 g/mol. The lowest BCUT2D eigenvalue weighted by molar-refractivity contribution is -0.137. The van der Waals surface area contributed by atoms with Crippen molar-refractivity contribution in [1.29, 1.82) is 0 Å². The van der Waals surface area contributed by atoms with Crippen molar-refractivity contribution < 1.29 is 27.5 Å². The number of ether oxygens (including phenoxy) is 1. The third-order valence-corrected chi connectivity index (χ3v) is 3.66. The third-order valence-electron chi connectivity index (χ3n) is 3.66. The van der Waals surface area contributed by atoms with Crippen LogP contribution in [0.15, 0.2) is 48.5 Å². The number of hydrogen-bond donors (Lipinski definition) is 1. The first-order valence-electron chi connectivity index (χ1n) is 8.48. The summed E-state index contributed by atoms with van der Waals surface area (Å²) in [5, 5.41) is 2.49. The number of halogens is 3. The van der Waals surface area contributed by atoms with Crippen LogP contribution in [0.1, 0.15) is 34.8 Å². The van der Waals surface area contributed by atoms with Gasteiger partial charge in [0.25, 0.3) is 5.91 Å². The molecule has 146 valence electrons. The van der Waals surface area contributed by atoms with Gasteiger partial charge in [-0.3, -0.25) is 9.59 Å². The van der Waals surface area contributed by atoms with Gasteiger partial charge in [-0.15, -0.1) is 0 Å². The Morgan fingerprint density at radius 2 is 1.82 bits per heavy atom. The van der Waals surface area contributed by atoms with Gasteiger partial charge in [0.1, 0.15) is 5.75 Å². The van der Waals surface area contributed by atoms with Crippen LogP contribution in [0.5, 0.6) is 5.75 Å². The van der Waals surface area contributed by atoms with E-state index in [-0.39, 0.29) is 24.5 Å². The maximum atomic E-state index is 12.6. The molecular weight excluding hydrogens is 371 g/mol. The third kappa shape index (κ3) is 6.47. The van der Waals surface area contributed by atoms with Gasteiger partial charge in [-0.1, -0.05) is 24.8 Å². The number of nitrogens with one attached hydrogen (secondary N) is 1. The van der Waals surface area contributed by atoms with Crippen molar-refractivity contribution in [2.75, 3.05) is 13.2 Å². The van der Waals surface area contributed by atoms with Crippen LogP contribution in [0.4, 0.5) is 13.2 Å². The molecule has 0 saturated heterocycles. The van der Waals surface area contributed by atoms with E-state index >= 15 is 0 Å². The SMILES string of the molecule is CCC(=O)c1ccc(OCC(=O)NCC#Cc2cccc(C(F)(F)F)c2)cc1. The number of carbonyl (C=O) groups is 2. The molecule has 1 N–H and O–H groups in total. The fourth-order valence-corrected chi connectivity index (χ4v) is 2.20. The molecule has 1 amide bonds. The smallest absolute Gasteiger partial charge is 0.416 e. The Morgan fingerprint density at radius 3 is 2.46 bits per heavy atom. The Hall–Kier alpha value is -3.27. The van der Waals surface area contributed by atoms with Crippen LogP contribution < -0.4 is 10.1 Å². The zero-order chi connectivity index (χ0) is 20.6. The second-order valence-electron chi connectivity index (χ2n) is 5.75. The van der Waals surface area contributed by atoms with Gasteiger partial charge in [0.15, 0.2) is 12.4 Å². The van der Waals surface area contributed by atoms with E-state index in [1.807, 2.05) is 0 Å². The molecule has 0 atom stereocenters. The lowest BCUT2D eigenvalue weighted by atomic mass is 10.1. The molecule has 0 saturated carbocycles. The Balaban J connectivity index is 1.79. The van der Waals surface area contributed by atoms with E-state index in [1.54, 1.807) is 31.2 Å². The normalized spacial score (nSPS) is 10.6. The molecule has 0 unspecified atom stereocenters. The van der Waals surface area contributed by atoms with Gasteiger partial charge in [-0.05, 0) is 42.5 Å². The van der Waals surface area contributed by atoms with Crippen molar-refractivity contribution in [3.63, 3.8) is 0 Å². The van der Waals surface area contributed by atoms with Gasteiger partial charge < -0.3 is 10.1 Å². The Labute approximate surface area is 160 Å². The van der Waals surface area contributed by atoms with E-state index in [9.17, 15) is 22.8 Å². The molecule has 7 heteroatoms. The van der Waals surface area contributed by atoms with Crippen LogP contribution in [-0.2, 0) is 11.0 Å². The number of amides is 1. The van der Waals surface area contributed by atoms with E-state index in [1.165, 1.54) is 12.1 Å². The van der Waals surface area contributed by atoms with Crippen molar-refractivity contribution in [2.24, 2.45) is 0 Å². The van der Waals surface area contributed by atoms with E-state index in [4.69, 9.17) is 4.74 Å². The first-order valence-corrected chi connectivity index (χ1v) is 8.48. The van der Waals surface area contributed by atoms with Crippen molar-refractivity contribution in [3.8, 4) is 17.6 Å². The van der Waals surface area contributed by atoms with E-state index in [2.05, 4.69) is 17.2 Å². The zero-order valence-electron chi connectivity index (χ0n) is 15.1. The molecular formula is C21H18F3NO3. The van der Waals surface area contributed by atoms with Crippen LogP contribution in [0.3, 0.4) is 0 Å². The molecule has 0 aliphatic rings. The summed E-state index contributed by atoms with van der Waals surface area (Å²) in [7, 11) is 0. The summed E-state index contributed by atoms with van der Waals surface area (Å²) < 4.78 is 43.2. The fourth-order valence-electron chi connectivity index (χ4n) is 2.20. The molecule has 2 aromatic carbocycles. The highest BCUT2D eigenvalue weighted by Crippen LogP contribution is 2.29. The summed E-state index contributed by atoms with van der Waals surface area (Å²) in [6.07, 6.45) is -4.02. The summed E-state index contributed by atoms with van der Waals surface area (Å²) in [5.41, 5.74) is 0.00889. The van der Waals surface area contributed by atoms with Crippen LogP contribution in [-0.4, -0.2) is 24.8 Å². The number of rotatable bonds is 6. The maximum Gasteiger partial charge on any atom is 0.416 e. The van der Waals surface area contributed by atoms with Crippen molar-refractivity contribution in [2.45, 2.75) is 19.5 Å². The first-order chi connectivity index (χ1) is 13.3. The average molecular weight is 389 g/mol. The van der Waals surface area contributed by atoms with Gasteiger partial charge in [0.05, 0.1) is 12.1 Å². The predicted octanol–water partition coefficient (Wildman–Crippen LogP) is 3.84. The number of ketones is 1. The van der Waals surface area contributed by atoms with Crippen molar-refractivity contribution in [1.82, 2.24) is 5.32 Å². The minimum absolute atomic E-state index is 0.0173. The molecule has 4 nitrogen and oxygen atoms in total. The number of hydrogen-bond acceptors (Lipinski definition) is 3. The van der Waals surface area contributed by atoms with Crippen LogP contribution in [0, 0.1) is 11.8 Å². The van der Waals surface area contributed by atoms with Gasteiger partial charge in [0.2, 0.25) is 0 Å². The maximum absolute atomic E-state index is 12.6. The Morgan fingerprint density at radius 1 is 1.11 bits per heavy atom. The molecule has 2 aromatic rings. The topological polar surface area (TPSA) is 55.4 Å². The van der Waals surface area contributed by atoms with E-state index < -0.39 is 17.6 Å². The summed E-state index contributed by atoms with van der Waals surface area (Å²) in [6.45, 7) is 1.50. The van der Waals surface area contributed by atoms with Gasteiger partial charge in [-0.25, -0.2) is 0 Å². The minimum Gasteiger partial charge on any atom is -0.484 e. The molecule has 0 fully saturated rings. The lowest BCUT2D eigenvalue weighted by Crippen LogP contribution is -2.29. The molecule has 2 rings (SSSR count). The van der Waals surface area contributed by atoms with Gasteiger partial charge in [0, 0.05) is 17.5 Å². The minimum atomic E-state index is -4.43. The van der Waals surface area contributed by atoms with Crippen LogP contribution >= 0.6 is 0 Å². The number of Topliss-reactive ketones (excluding diaryl/α,β-unsaturated/α-hetero) is 1. The highest BCUT2D eigenvalue weighted by molar-refractivity contribution is 5.95. The summed E-state index contributed by atoms with van der Waals surface area (Å²) in [6, 6.07) is 11.1. The Kier molecular flexibility index (Phi) is 7.21. The fraction of sp³-hybridized carbons (Fsp3) is 0.238. The molecule has 0 heterocycles. The molecule has 0 spiro atoms. The van der Waals surface area contributed by atoms with Crippen LogP contribution in [0.25, 0.3) is 0 Å². The van der Waals surface area contributed by atoms with Crippen molar-refractivity contribution in [3.05, 3.63) is 65.2 Å². The molecule has 0 radical (unpaired) electrons. The number of benzene rings is 2. The lowest BCUT2D eigenvalue weighted by Gasteiger charge is -2.06. The Bertz CT molecular complexity index is 894. The standard InChI is InChI=1S/C21H18F3NO3/c1-2-19(26)16-8-10-18(11-9-16)28-14-20(27)25-12-4-6-15-5-3-7-17(13-15)21(22,23)24/h3,5,7-11,13H,2,12,14H2,1H3,(H,25,27). The first kappa shape index (κ1) is 21.0. The highest BCUT2D eigenvalue weighted by atomic mass is 19.4. The summed E-state index contributed by atoms with van der Waals surface area (Å²) in [4.78, 5) is 23.3. The highest BCUT2D eigenvalue weighted by Gasteiger charge is 2.30. The average Bonchev–Trinajstić information content (AvgIpc) is 2.69. The van der Waals surface area contributed by atoms with Gasteiger partial charge in [-0.2, -0.15) is 13.2 Å². The molecule has 28 heavy (non-hydrogen) atoms. The van der Waals surface area contributed by atoms with E-state index in [0.717, 1.165) is 12.1 Å². The summed E-state index contributed by atoms with van der Waals surface area (Å²) in [5.74, 6) is 5.20. The zero-order valence-corrected chi connectivity index (χ0v) is 15.1. The molecule has 0 aliphatic carbocycles. The number of alkyl halides is 3. The number of carbonyl (C=O) groups excluding carboxylic acids is 2. The molecule has 0 aromatic heterocycles. The largest absolute Gasteiger partial charge is 0.484 e. The van der Waals surface area contributed by atoms with Crippen LogP contribution in [0.2, 0.25) is 0 Å². The molecule has 0 aliphatic heterocycles. The van der Waals surface area contributed by atoms with E-state index in [0.29, 0.717) is 17.7 Å². The summed E-state index contributed by atoms with van der Waals surface area (Å²) >= 11 is 0. The quantitative estimate of drug-likeness (QED) is 0.603. The van der Waals surface area contributed by atoms with Gasteiger partial charge >= 0.3 is 6.18 Å². The second-order valence-corrected chi connectivity index (χ2v) is 5.75. The predicted molar refractivity (Wildman–Crippen MR) is 97.9 cm³/mol. The van der Waals surface area contributed by atoms with Crippen molar-refractivity contribution >= 4 is 11.7 Å². The molecule has 0 bridgehead atoms.